The second kappa shape index (κ2) is 9.73. The van der Waals surface area contributed by atoms with Crippen molar-refractivity contribution in [2.24, 2.45) is 5.92 Å². The van der Waals surface area contributed by atoms with Crippen molar-refractivity contribution in [1.29, 1.82) is 0 Å². The molecule has 3 heterocycles. The van der Waals surface area contributed by atoms with Gasteiger partial charge in [0, 0.05) is 60.6 Å². The maximum atomic E-state index is 5.07. The van der Waals surface area contributed by atoms with E-state index < -0.39 is 0 Å². The summed E-state index contributed by atoms with van der Waals surface area (Å²) in [4.78, 5) is 15.9. The van der Waals surface area contributed by atoms with Crippen LogP contribution in [0.25, 0.3) is 17.3 Å². The quantitative estimate of drug-likeness (QED) is 0.385. The molecule has 0 radical (unpaired) electrons. The number of rotatable bonds is 6. The molecule has 1 unspecified atom stereocenters. The molecule has 1 aliphatic heterocycles. The Bertz CT molecular complexity index is 1320. The van der Waals surface area contributed by atoms with Crippen LogP contribution in [-0.4, -0.2) is 45.0 Å². The molecule has 3 aromatic rings. The number of H-pyrrole nitrogens is 1. The third-order valence-electron chi connectivity index (χ3n) is 8.01. The van der Waals surface area contributed by atoms with Crippen molar-refractivity contribution in [3.05, 3.63) is 64.1 Å². The van der Waals surface area contributed by atoms with Crippen LogP contribution >= 0.6 is 0 Å². The van der Waals surface area contributed by atoms with E-state index in [0.29, 0.717) is 29.9 Å². The van der Waals surface area contributed by atoms with E-state index in [2.05, 4.69) is 85.5 Å². The number of benzene rings is 1. The molecule has 1 saturated carbocycles. The zero-order valence-electron chi connectivity index (χ0n) is 22.9. The van der Waals surface area contributed by atoms with Crippen LogP contribution < -0.4 is 10.6 Å². The van der Waals surface area contributed by atoms with Crippen LogP contribution in [0.3, 0.4) is 0 Å². The van der Waals surface area contributed by atoms with Crippen molar-refractivity contribution >= 4 is 17.7 Å². The van der Waals surface area contributed by atoms with Gasteiger partial charge in [0.25, 0.3) is 0 Å². The predicted octanol–water partition coefficient (Wildman–Crippen LogP) is 6.10. The van der Waals surface area contributed by atoms with Crippen molar-refractivity contribution in [3.8, 4) is 11.3 Å². The summed E-state index contributed by atoms with van der Waals surface area (Å²) in [6.07, 6.45) is 10.1. The molecule has 3 atom stereocenters. The summed E-state index contributed by atoms with van der Waals surface area (Å²) in [6.45, 7) is 14.2. The standard InChI is InChI=1S/C31H40N6/c1-18-6-9-28-27(10-18)29(22(5)34-28)30-19(2)14-32-31(36-30)35-26-12-23(11-25(13-26)24-7-8-24)17-37-15-20(3)33-21(4)16-37/h6,9,11-14,18,20-21,24,33-34H,7-8,10,15-17H2,1-5H3,(H,32,35,36)/t18?,20-,21+. The summed E-state index contributed by atoms with van der Waals surface area (Å²) in [5.41, 5.74) is 11.0. The van der Waals surface area contributed by atoms with Gasteiger partial charge in [-0.05, 0) is 99.3 Å². The first kappa shape index (κ1) is 24.4. The van der Waals surface area contributed by atoms with Gasteiger partial charge in [0.2, 0.25) is 5.95 Å². The van der Waals surface area contributed by atoms with Gasteiger partial charge < -0.3 is 15.6 Å². The molecule has 37 heavy (non-hydrogen) atoms. The second-order valence-corrected chi connectivity index (χ2v) is 11.8. The molecule has 0 amide bonds. The largest absolute Gasteiger partial charge is 0.358 e. The zero-order valence-corrected chi connectivity index (χ0v) is 22.9. The van der Waals surface area contributed by atoms with Gasteiger partial charge in [0.05, 0.1) is 5.69 Å². The Morgan fingerprint density at radius 1 is 1.05 bits per heavy atom. The lowest BCUT2D eigenvalue weighted by atomic mass is 9.90. The van der Waals surface area contributed by atoms with Crippen molar-refractivity contribution in [3.63, 3.8) is 0 Å². The molecule has 1 aromatic carbocycles. The summed E-state index contributed by atoms with van der Waals surface area (Å²) < 4.78 is 0. The van der Waals surface area contributed by atoms with E-state index in [1.54, 1.807) is 0 Å². The summed E-state index contributed by atoms with van der Waals surface area (Å²) in [5, 5.41) is 7.23. The third-order valence-corrected chi connectivity index (χ3v) is 8.01. The number of allylic oxidation sites excluding steroid dienone is 1. The van der Waals surface area contributed by atoms with Crippen LogP contribution in [0.2, 0.25) is 0 Å². The average molecular weight is 497 g/mol. The maximum Gasteiger partial charge on any atom is 0.227 e. The lowest BCUT2D eigenvalue weighted by Crippen LogP contribution is -2.53. The van der Waals surface area contributed by atoms with Crippen LogP contribution in [0.15, 0.2) is 30.5 Å². The Hall–Kier alpha value is -2.96. The van der Waals surface area contributed by atoms with E-state index >= 15 is 0 Å². The van der Waals surface area contributed by atoms with E-state index in [1.165, 1.54) is 46.5 Å². The molecule has 1 saturated heterocycles. The summed E-state index contributed by atoms with van der Waals surface area (Å²) >= 11 is 0. The van der Waals surface area contributed by atoms with Crippen molar-refractivity contribution in [2.45, 2.75) is 78.4 Å². The summed E-state index contributed by atoms with van der Waals surface area (Å²) in [5.74, 6) is 1.89. The molecule has 6 nitrogen and oxygen atoms in total. The molecule has 2 aliphatic carbocycles. The lowest BCUT2D eigenvalue weighted by molar-refractivity contribution is 0.166. The molecule has 0 bridgehead atoms. The molecule has 3 N–H and O–H groups in total. The predicted molar refractivity (Wildman–Crippen MR) is 152 cm³/mol. The highest BCUT2D eigenvalue weighted by Gasteiger charge is 2.26. The monoisotopic (exact) mass is 496 g/mol. The summed E-state index contributed by atoms with van der Waals surface area (Å²) in [6, 6.07) is 8.07. The van der Waals surface area contributed by atoms with Gasteiger partial charge in [-0.1, -0.05) is 19.1 Å². The first-order valence-electron chi connectivity index (χ1n) is 14.0. The van der Waals surface area contributed by atoms with Crippen LogP contribution in [0.4, 0.5) is 11.6 Å². The average Bonchev–Trinajstić information content (AvgIpc) is 3.63. The Morgan fingerprint density at radius 2 is 1.84 bits per heavy atom. The fourth-order valence-electron chi connectivity index (χ4n) is 6.27. The Morgan fingerprint density at radius 3 is 2.59 bits per heavy atom. The minimum absolute atomic E-state index is 0.522. The van der Waals surface area contributed by atoms with Crippen LogP contribution in [0.1, 0.15) is 73.2 Å². The highest BCUT2D eigenvalue weighted by molar-refractivity contribution is 5.76. The van der Waals surface area contributed by atoms with Gasteiger partial charge in [0.1, 0.15) is 0 Å². The Labute approximate surface area is 221 Å². The van der Waals surface area contributed by atoms with E-state index in [9.17, 15) is 0 Å². The Kier molecular flexibility index (Phi) is 6.41. The number of hydrogen-bond donors (Lipinski definition) is 3. The van der Waals surface area contributed by atoms with Crippen molar-refractivity contribution in [2.75, 3.05) is 18.4 Å². The SMILES string of the molecule is Cc1cnc(Nc2cc(CN3C[C@@H](C)N[C@@H](C)C3)cc(C3CC3)c2)nc1-c1c(C)[nH]c2c1CC(C)C=C2. The molecule has 194 valence electrons. The number of hydrogen-bond acceptors (Lipinski definition) is 5. The number of aromatic amines is 1. The summed E-state index contributed by atoms with van der Waals surface area (Å²) in [7, 11) is 0. The Balaban J connectivity index is 1.30. The topological polar surface area (TPSA) is 68.9 Å². The number of aromatic nitrogens is 3. The fourth-order valence-corrected chi connectivity index (χ4v) is 6.27. The lowest BCUT2D eigenvalue weighted by Gasteiger charge is -2.36. The molecule has 6 heteroatoms. The minimum atomic E-state index is 0.522. The molecular formula is C31H40N6. The van der Waals surface area contributed by atoms with Gasteiger partial charge in [-0.3, -0.25) is 4.90 Å². The van der Waals surface area contributed by atoms with E-state index in [0.717, 1.165) is 43.0 Å². The van der Waals surface area contributed by atoms with E-state index in [1.807, 2.05) is 6.20 Å². The highest BCUT2D eigenvalue weighted by Crippen LogP contribution is 2.42. The van der Waals surface area contributed by atoms with Crippen molar-refractivity contribution in [1.82, 2.24) is 25.2 Å². The first-order valence-corrected chi connectivity index (χ1v) is 14.0. The zero-order chi connectivity index (χ0) is 25.7. The number of nitrogens with one attached hydrogen (secondary N) is 3. The molecule has 3 aliphatic rings. The third kappa shape index (κ3) is 5.23. The smallest absolute Gasteiger partial charge is 0.227 e. The van der Waals surface area contributed by atoms with Crippen molar-refractivity contribution < 1.29 is 0 Å². The number of anilines is 2. The number of nitrogens with zero attached hydrogens (tertiary/aromatic N) is 3. The second-order valence-electron chi connectivity index (χ2n) is 11.8. The fraction of sp³-hybridized carbons (Fsp3) is 0.484. The highest BCUT2D eigenvalue weighted by atomic mass is 15.2. The van der Waals surface area contributed by atoms with Crippen LogP contribution in [0, 0.1) is 19.8 Å². The molecule has 0 spiro atoms. The van der Waals surface area contributed by atoms with Gasteiger partial charge >= 0.3 is 0 Å². The van der Waals surface area contributed by atoms with Gasteiger partial charge in [-0.15, -0.1) is 0 Å². The molecule has 6 rings (SSSR count). The normalized spacial score (nSPS) is 23.8. The van der Waals surface area contributed by atoms with Crippen LogP contribution in [0.5, 0.6) is 0 Å². The van der Waals surface area contributed by atoms with Gasteiger partial charge in [-0.2, -0.15) is 0 Å². The maximum absolute atomic E-state index is 5.07. The molecule has 2 aromatic heterocycles. The molecule has 2 fully saturated rings. The van der Waals surface area contributed by atoms with Gasteiger partial charge in [-0.25, -0.2) is 9.97 Å². The van der Waals surface area contributed by atoms with E-state index in [-0.39, 0.29) is 0 Å². The number of aryl methyl sites for hydroxylation is 2. The van der Waals surface area contributed by atoms with Crippen LogP contribution in [-0.2, 0) is 13.0 Å². The first-order chi connectivity index (χ1) is 17.8. The van der Waals surface area contributed by atoms with Gasteiger partial charge in [0.15, 0.2) is 0 Å². The van der Waals surface area contributed by atoms with E-state index in [4.69, 9.17) is 9.97 Å². The number of piperazine rings is 1. The minimum Gasteiger partial charge on any atom is -0.358 e. The number of fused-ring (bicyclic) bond motifs is 1. The molecular weight excluding hydrogens is 456 g/mol.